The smallest absolute Gasteiger partial charge is 0.0368 e. The van der Waals surface area contributed by atoms with Crippen molar-refractivity contribution in [1.82, 2.24) is 0 Å². The summed E-state index contributed by atoms with van der Waals surface area (Å²) in [6, 6.07) is 9.03. The van der Waals surface area contributed by atoms with Crippen LogP contribution in [0.5, 0.6) is 0 Å². The summed E-state index contributed by atoms with van der Waals surface area (Å²) >= 11 is 0. The van der Waals surface area contributed by atoms with Crippen LogP contribution >= 0.6 is 0 Å². The average molecular weight is 204 g/mol. The molecule has 1 fully saturated rings. The molecule has 1 heterocycles. The van der Waals surface area contributed by atoms with Gasteiger partial charge in [0.2, 0.25) is 0 Å². The van der Waals surface area contributed by atoms with E-state index in [0.717, 1.165) is 13.1 Å². The summed E-state index contributed by atoms with van der Waals surface area (Å²) in [7, 11) is 0. The Morgan fingerprint density at radius 3 is 2.87 bits per heavy atom. The van der Waals surface area contributed by atoms with Gasteiger partial charge in [-0.05, 0) is 43.9 Å². The number of nitrogens with two attached hydrogens (primary N) is 1. The van der Waals surface area contributed by atoms with Gasteiger partial charge in [0, 0.05) is 24.8 Å². The molecule has 1 saturated heterocycles. The maximum absolute atomic E-state index is 5.94. The first-order valence-electron chi connectivity index (χ1n) is 5.74. The van der Waals surface area contributed by atoms with E-state index in [1.807, 2.05) is 0 Å². The molecule has 0 amide bonds. The van der Waals surface area contributed by atoms with Gasteiger partial charge in [-0.2, -0.15) is 0 Å². The molecule has 0 aliphatic carbocycles. The first kappa shape index (κ1) is 10.5. The Morgan fingerprint density at radius 2 is 2.27 bits per heavy atom. The Hall–Kier alpha value is -1.02. The van der Waals surface area contributed by atoms with Crippen LogP contribution in [0.4, 0.5) is 5.69 Å². The highest BCUT2D eigenvalue weighted by atomic mass is 15.2. The Bertz CT molecular complexity index is 333. The molecule has 2 atom stereocenters. The van der Waals surface area contributed by atoms with Crippen molar-refractivity contribution in [1.29, 1.82) is 0 Å². The predicted octanol–water partition coefficient (Wildman–Crippen LogP) is 2.17. The van der Waals surface area contributed by atoms with Crippen molar-refractivity contribution in [3.63, 3.8) is 0 Å². The summed E-state index contributed by atoms with van der Waals surface area (Å²) < 4.78 is 0. The van der Waals surface area contributed by atoms with E-state index in [-0.39, 0.29) is 0 Å². The summed E-state index contributed by atoms with van der Waals surface area (Å²) in [5, 5.41) is 0. The fourth-order valence-electron chi connectivity index (χ4n) is 2.28. The standard InChI is InChI=1S/C13H20N2/c1-10-4-3-5-13(8-10)15-7-6-12(9-15)11(2)14/h3-5,8,11-12H,6-7,9,14H2,1-2H3. The lowest BCUT2D eigenvalue weighted by molar-refractivity contribution is 0.488. The van der Waals surface area contributed by atoms with Gasteiger partial charge in [-0.25, -0.2) is 0 Å². The molecule has 0 spiro atoms. The molecule has 1 aliphatic rings. The lowest BCUT2D eigenvalue weighted by Crippen LogP contribution is -2.29. The molecule has 0 radical (unpaired) electrons. The van der Waals surface area contributed by atoms with Crippen molar-refractivity contribution in [2.24, 2.45) is 11.7 Å². The van der Waals surface area contributed by atoms with Crippen molar-refractivity contribution in [3.05, 3.63) is 29.8 Å². The molecule has 0 aromatic heterocycles. The number of benzene rings is 1. The van der Waals surface area contributed by atoms with Gasteiger partial charge in [0.15, 0.2) is 0 Å². The zero-order valence-corrected chi connectivity index (χ0v) is 9.61. The second-order valence-corrected chi connectivity index (χ2v) is 4.69. The summed E-state index contributed by atoms with van der Waals surface area (Å²) in [5.74, 6) is 0.658. The summed E-state index contributed by atoms with van der Waals surface area (Å²) in [4.78, 5) is 2.45. The van der Waals surface area contributed by atoms with E-state index in [1.165, 1.54) is 17.7 Å². The van der Waals surface area contributed by atoms with Gasteiger partial charge in [0.25, 0.3) is 0 Å². The third kappa shape index (κ3) is 2.32. The molecule has 0 bridgehead atoms. The van der Waals surface area contributed by atoms with Gasteiger partial charge in [-0.3, -0.25) is 0 Å². The topological polar surface area (TPSA) is 29.3 Å². The lowest BCUT2D eigenvalue weighted by Gasteiger charge is -2.20. The first-order chi connectivity index (χ1) is 7.16. The Kier molecular flexibility index (Phi) is 2.96. The van der Waals surface area contributed by atoms with Crippen LogP contribution in [0.2, 0.25) is 0 Å². The lowest BCUT2D eigenvalue weighted by atomic mass is 10.0. The highest BCUT2D eigenvalue weighted by Gasteiger charge is 2.25. The van der Waals surface area contributed by atoms with Crippen molar-refractivity contribution >= 4 is 5.69 Å². The SMILES string of the molecule is Cc1cccc(N2CCC(C(C)N)C2)c1. The van der Waals surface area contributed by atoms with E-state index >= 15 is 0 Å². The number of anilines is 1. The first-order valence-corrected chi connectivity index (χ1v) is 5.74. The van der Waals surface area contributed by atoms with Gasteiger partial charge in [-0.15, -0.1) is 0 Å². The molecule has 2 heteroatoms. The molecule has 2 N–H and O–H groups in total. The van der Waals surface area contributed by atoms with Gasteiger partial charge in [0.05, 0.1) is 0 Å². The predicted molar refractivity (Wildman–Crippen MR) is 65.1 cm³/mol. The Labute approximate surface area is 92.1 Å². The van der Waals surface area contributed by atoms with Crippen molar-refractivity contribution < 1.29 is 0 Å². The number of hydrogen-bond acceptors (Lipinski definition) is 2. The third-order valence-electron chi connectivity index (χ3n) is 3.34. The zero-order chi connectivity index (χ0) is 10.8. The minimum absolute atomic E-state index is 0.319. The summed E-state index contributed by atoms with van der Waals surface area (Å²) in [6.45, 7) is 6.52. The van der Waals surface area contributed by atoms with Gasteiger partial charge >= 0.3 is 0 Å². The molecule has 1 aliphatic heterocycles. The van der Waals surface area contributed by atoms with Crippen LogP contribution in [0.1, 0.15) is 18.9 Å². The van der Waals surface area contributed by atoms with Crippen LogP contribution in [0.15, 0.2) is 24.3 Å². The van der Waals surface area contributed by atoms with Gasteiger partial charge in [-0.1, -0.05) is 12.1 Å². The van der Waals surface area contributed by atoms with Gasteiger partial charge < -0.3 is 10.6 Å². The molecule has 15 heavy (non-hydrogen) atoms. The summed E-state index contributed by atoms with van der Waals surface area (Å²) in [5.41, 5.74) is 8.62. The number of aryl methyl sites for hydroxylation is 1. The third-order valence-corrected chi connectivity index (χ3v) is 3.34. The van der Waals surface area contributed by atoms with Crippen LogP contribution < -0.4 is 10.6 Å². The van der Waals surface area contributed by atoms with Gasteiger partial charge in [0.1, 0.15) is 0 Å². The Morgan fingerprint density at radius 1 is 1.47 bits per heavy atom. The fourth-order valence-corrected chi connectivity index (χ4v) is 2.28. The van der Waals surface area contributed by atoms with E-state index in [4.69, 9.17) is 5.73 Å². The largest absolute Gasteiger partial charge is 0.371 e. The molecule has 1 aromatic rings. The second kappa shape index (κ2) is 4.23. The van der Waals surface area contributed by atoms with Crippen LogP contribution in [0.3, 0.4) is 0 Å². The van der Waals surface area contributed by atoms with Crippen molar-refractivity contribution in [2.75, 3.05) is 18.0 Å². The molecule has 2 rings (SSSR count). The van der Waals surface area contributed by atoms with Crippen molar-refractivity contribution in [3.8, 4) is 0 Å². The van der Waals surface area contributed by atoms with E-state index in [0.29, 0.717) is 12.0 Å². The number of rotatable bonds is 2. The second-order valence-electron chi connectivity index (χ2n) is 4.69. The highest BCUT2D eigenvalue weighted by molar-refractivity contribution is 5.49. The zero-order valence-electron chi connectivity index (χ0n) is 9.61. The molecular formula is C13H20N2. The van der Waals surface area contributed by atoms with E-state index in [1.54, 1.807) is 0 Å². The van der Waals surface area contributed by atoms with Crippen LogP contribution in [-0.4, -0.2) is 19.1 Å². The number of nitrogens with zero attached hydrogens (tertiary/aromatic N) is 1. The van der Waals surface area contributed by atoms with E-state index in [9.17, 15) is 0 Å². The molecule has 0 saturated carbocycles. The van der Waals surface area contributed by atoms with Crippen LogP contribution in [0.25, 0.3) is 0 Å². The maximum atomic E-state index is 5.94. The van der Waals surface area contributed by atoms with E-state index < -0.39 is 0 Å². The molecule has 2 unspecified atom stereocenters. The Balaban J connectivity index is 2.08. The minimum atomic E-state index is 0.319. The van der Waals surface area contributed by atoms with Crippen LogP contribution in [-0.2, 0) is 0 Å². The maximum Gasteiger partial charge on any atom is 0.0368 e. The normalized spacial score (nSPS) is 23.1. The quantitative estimate of drug-likeness (QED) is 0.800. The highest BCUT2D eigenvalue weighted by Crippen LogP contribution is 2.25. The minimum Gasteiger partial charge on any atom is -0.371 e. The van der Waals surface area contributed by atoms with E-state index in [2.05, 4.69) is 43.0 Å². The number of hydrogen-bond donors (Lipinski definition) is 1. The monoisotopic (exact) mass is 204 g/mol. The molecular weight excluding hydrogens is 184 g/mol. The molecule has 2 nitrogen and oxygen atoms in total. The fraction of sp³-hybridized carbons (Fsp3) is 0.538. The van der Waals surface area contributed by atoms with Crippen LogP contribution in [0, 0.1) is 12.8 Å². The molecule has 1 aromatic carbocycles. The summed E-state index contributed by atoms with van der Waals surface area (Å²) in [6.07, 6.45) is 1.23. The van der Waals surface area contributed by atoms with Crippen molar-refractivity contribution in [2.45, 2.75) is 26.3 Å². The average Bonchev–Trinajstić information content (AvgIpc) is 2.66. The molecule has 82 valence electrons.